The molecule has 4 N–H and O–H groups in total. The van der Waals surface area contributed by atoms with E-state index in [4.69, 9.17) is 33.3 Å². The van der Waals surface area contributed by atoms with Crippen LogP contribution >= 0.6 is 0 Å². The summed E-state index contributed by atoms with van der Waals surface area (Å²) >= 11 is 0. The van der Waals surface area contributed by atoms with Crippen molar-refractivity contribution in [3.8, 4) is 0 Å². The first kappa shape index (κ1) is 86.1. The molecule has 0 atom stereocenters. The van der Waals surface area contributed by atoms with Gasteiger partial charge in [0.05, 0.1) is 39.0 Å². The number of aromatic carboxylic acids is 1. The summed E-state index contributed by atoms with van der Waals surface area (Å²) in [5.74, 6) is -0.482. The lowest BCUT2D eigenvalue weighted by Crippen LogP contribution is -2.66. The first-order valence-corrected chi connectivity index (χ1v) is 43.5. The van der Waals surface area contributed by atoms with E-state index >= 15 is 0 Å². The zero-order valence-corrected chi connectivity index (χ0v) is 74.0. The highest BCUT2D eigenvalue weighted by atomic mass is 19.3. The number of anilines is 3. The smallest absolute Gasteiger partial charge is 0.337 e. The zero-order chi connectivity index (χ0) is 86.9. The summed E-state index contributed by atoms with van der Waals surface area (Å²) in [6, 6.07) is 14.9. The van der Waals surface area contributed by atoms with Crippen LogP contribution in [0.4, 0.5) is 26.2 Å². The summed E-state index contributed by atoms with van der Waals surface area (Å²) < 4.78 is 45.9. The summed E-state index contributed by atoms with van der Waals surface area (Å²) in [6.07, 6.45) is 11.5. The molecule has 0 radical (unpaired) electrons. The number of carbonyl (C=O) groups excluding carboxylic acids is 5. The number of piperidine rings is 1. The monoisotopic (exact) mass is 1660 g/mol. The number of hydrogen-bond donors (Lipinski definition) is 4. The maximum absolute atomic E-state index is 13.9. The van der Waals surface area contributed by atoms with Gasteiger partial charge in [-0.05, 0) is 191 Å². The molecule has 120 heavy (non-hydrogen) atoms. The topological polar surface area (TPSA) is 300 Å². The Kier molecular flexibility index (Phi) is 21.3. The van der Waals surface area contributed by atoms with Crippen molar-refractivity contribution < 1.29 is 71.2 Å². The van der Waals surface area contributed by atoms with E-state index in [2.05, 4.69) is 89.2 Å². The molecule has 10 fully saturated rings. The molecule has 5 saturated carbocycles. The molecule has 10 aliphatic rings. The van der Waals surface area contributed by atoms with Crippen molar-refractivity contribution in [2.75, 3.05) is 99.8 Å². The number of amides is 5. The van der Waals surface area contributed by atoms with Crippen LogP contribution in [0.3, 0.4) is 0 Å². The highest BCUT2D eigenvalue weighted by Gasteiger charge is 2.62. The van der Waals surface area contributed by atoms with Crippen molar-refractivity contribution in [3.05, 3.63) is 100.0 Å². The number of pyridine rings is 4. The summed E-state index contributed by atoms with van der Waals surface area (Å²) in [4.78, 5) is 113. The first-order chi connectivity index (χ1) is 55.6. The van der Waals surface area contributed by atoms with E-state index in [0.717, 1.165) is 65.5 Å². The largest absolute Gasteiger partial charge is 0.478 e. The summed E-state index contributed by atoms with van der Waals surface area (Å²) in [6.45, 7) is 45.3. The number of aromatic nitrogens is 4. The van der Waals surface area contributed by atoms with E-state index in [1.54, 1.807) is 43.0 Å². The lowest BCUT2D eigenvalue weighted by atomic mass is 9.51. The minimum Gasteiger partial charge on any atom is -0.478 e. The Morgan fingerprint density at radius 1 is 0.467 bits per heavy atom. The zero-order valence-electron chi connectivity index (χ0n) is 74.0. The molecule has 7 aromatic heterocycles. The number of carboxylic acid groups (broad SMARTS) is 1. The van der Waals surface area contributed by atoms with Gasteiger partial charge in [-0.25, -0.2) is 33.5 Å². The quantitative estimate of drug-likeness (QED) is 0.0935. The number of hydrogen-bond acceptors (Lipinski definition) is 19. The number of carbonyl (C=O) groups is 6. The van der Waals surface area contributed by atoms with E-state index in [1.165, 1.54) is 38.3 Å². The number of piperazine rings is 3. The number of fused-ring (bicyclic) bond motifs is 3. The van der Waals surface area contributed by atoms with Gasteiger partial charge in [-0.2, -0.15) is 0 Å². The number of carboxylic acids is 1. The molecule has 650 valence electrons. The summed E-state index contributed by atoms with van der Waals surface area (Å²) in [5.41, 5.74) is 3.98. The van der Waals surface area contributed by atoms with Gasteiger partial charge in [0.1, 0.15) is 34.0 Å². The van der Waals surface area contributed by atoms with Gasteiger partial charge in [0, 0.05) is 168 Å². The molecule has 0 bridgehead atoms. The minimum absolute atomic E-state index is 0.0420. The number of halogens is 2. The molecule has 5 amide bonds. The van der Waals surface area contributed by atoms with Crippen LogP contribution < -0.4 is 14.7 Å². The fraction of sp³-hybridized carbons (Fsp3) is 0.656. The van der Waals surface area contributed by atoms with Gasteiger partial charge in [0.2, 0.25) is 17.7 Å². The number of aliphatic hydroxyl groups is 3. The molecule has 5 saturated heterocycles. The molecule has 5 aliphatic carbocycles. The second kappa shape index (κ2) is 29.7. The molecule has 0 aromatic carbocycles. The van der Waals surface area contributed by atoms with Crippen LogP contribution in [0.25, 0.3) is 33.3 Å². The Morgan fingerprint density at radius 2 is 0.875 bits per heavy atom. The predicted octanol–water partition coefficient (Wildman–Crippen LogP) is 14.9. The van der Waals surface area contributed by atoms with Crippen LogP contribution in [-0.4, -0.2) is 225 Å². The Morgan fingerprint density at radius 3 is 1.23 bits per heavy atom. The van der Waals surface area contributed by atoms with Crippen LogP contribution in [-0.2, 0) is 25.8 Å². The van der Waals surface area contributed by atoms with Gasteiger partial charge in [0.25, 0.3) is 17.7 Å². The van der Waals surface area contributed by atoms with Crippen molar-refractivity contribution in [2.24, 2.45) is 28.6 Å². The first-order valence-electron chi connectivity index (χ1n) is 43.5. The third-order valence-electron chi connectivity index (χ3n) is 28.0. The Labute approximate surface area is 703 Å². The molecular weight excluding hydrogens is 1530 g/mol. The molecule has 2 spiro atoms. The molecular formula is C93H126F2N12O13. The lowest BCUT2D eigenvalue weighted by Gasteiger charge is -2.59. The molecule has 25 nitrogen and oxygen atoms in total. The maximum Gasteiger partial charge on any atom is 0.337 e. The van der Waals surface area contributed by atoms with Crippen LogP contribution in [0.1, 0.15) is 285 Å². The maximum atomic E-state index is 13.9. The van der Waals surface area contributed by atoms with Crippen molar-refractivity contribution in [3.63, 3.8) is 0 Å². The Balaban J connectivity index is 0.000000140. The van der Waals surface area contributed by atoms with E-state index in [1.807, 2.05) is 92.0 Å². The molecule has 5 aliphatic heterocycles. The lowest BCUT2D eigenvalue weighted by molar-refractivity contribution is -0.170. The minimum atomic E-state index is -2.55. The van der Waals surface area contributed by atoms with Gasteiger partial charge in [-0.1, -0.05) is 68.7 Å². The average molecular weight is 1660 g/mol. The van der Waals surface area contributed by atoms with E-state index < -0.39 is 45.3 Å². The van der Waals surface area contributed by atoms with Gasteiger partial charge >= 0.3 is 5.97 Å². The van der Waals surface area contributed by atoms with Crippen molar-refractivity contribution in [2.45, 2.75) is 277 Å². The van der Waals surface area contributed by atoms with Crippen LogP contribution in [0.15, 0.2) is 68.0 Å². The van der Waals surface area contributed by atoms with E-state index in [0.29, 0.717) is 148 Å². The number of furan rings is 3. The Bertz CT molecular complexity index is 5130. The van der Waals surface area contributed by atoms with Crippen molar-refractivity contribution in [1.82, 2.24) is 44.4 Å². The number of rotatable bonds is 11. The molecule has 0 unspecified atom stereocenters. The molecule has 17 rings (SSSR count). The highest BCUT2D eigenvalue weighted by molar-refractivity contribution is 5.99. The second-order valence-electron chi connectivity index (χ2n) is 43.5. The SMILES string of the molecule is CC(C)(C)c1cc(C2CC3(CCC3)C2)nc2cc(C(=O)N3CCN(c4ccc(C(=O)O)cn4)CC3(C)C)oc12.CC1(O)CC(C(=O)N2CCN(C(=O)c3cc4nc(N5CC6(C5)CC(F)(F)C6)cc(C(C)(C)C)c4o3)C(C)(C)C2)C1.CC1(O)CC(C(=O)N2CCN(C(=O)c3cc4nc(N5CCC(C(C)(C)O)CC5)cc(C(C)(C)C)c4o3)C(C)(C)C2)C1. The number of nitrogens with zero attached hydrogens (tertiary/aromatic N) is 12. The van der Waals surface area contributed by atoms with Crippen LogP contribution in [0.2, 0.25) is 0 Å². The average Bonchev–Trinajstić information content (AvgIpc) is 1.12. The van der Waals surface area contributed by atoms with Crippen molar-refractivity contribution in [1.29, 1.82) is 0 Å². The fourth-order valence-corrected chi connectivity index (χ4v) is 21.0. The normalized spacial score (nSPS) is 25.1. The van der Waals surface area contributed by atoms with E-state index in [9.17, 15) is 52.9 Å². The summed E-state index contributed by atoms with van der Waals surface area (Å²) in [5, 5.41) is 39.8. The van der Waals surface area contributed by atoms with Crippen molar-refractivity contribution >= 4 is 86.3 Å². The van der Waals surface area contributed by atoms with Crippen LogP contribution in [0, 0.1) is 28.6 Å². The molecule has 12 heterocycles. The third kappa shape index (κ3) is 16.9. The highest BCUT2D eigenvalue weighted by Crippen LogP contribution is 2.62. The predicted molar refractivity (Wildman–Crippen MR) is 455 cm³/mol. The van der Waals surface area contributed by atoms with E-state index in [-0.39, 0.29) is 98.9 Å². The van der Waals surface area contributed by atoms with Gasteiger partial charge in [-0.3, -0.25) is 24.0 Å². The fourth-order valence-electron chi connectivity index (χ4n) is 21.0. The molecule has 7 aromatic rings. The van der Waals surface area contributed by atoms with Gasteiger partial charge < -0.3 is 72.9 Å². The Hall–Kier alpha value is -8.82. The third-order valence-corrected chi connectivity index (χ3v) is 28.0. The van der Waals surface area contributed by atoms with Gasteiger partial charge in [-0.15, -0.1) is 0 Å². The summed E-state index contributed by atoms with van der Waals surface area (Å²) in [7, 11) is 0. The standard InChI is InChI=1S/C32H48N4O5.C31H38N4O4.C30H40F2N4O4/c1-29(2,3)22-15-25(34-11-9-21(10-12-34)31(6,7)39)33-23-16-24(41-26(22)23)28(38)36-14-13-35(19-30(36,4)5)27(37)20-17-32(8,40)18-20;1-29(2,3)21-13-22(20-15-31(16-20)9-6-10-31)33-23-14-24(39-26(21)23)27(36)35-12-11-34(18-30(35,4)5)25-8-7-19(17-32-25)28(37)38;1-26(2,3)19-9-22(35-16-29(17-35)13-30(31,32)14-29)33-20-10-21(40-23(19)20)25(38)36-8-7-34(15-27(36,4)5)24(37)18-11-28(6,39)12-18/h15-16,20-21,39-40H,9-14,17-19H2,1-8H3;7-8,13-14,17,20H,6,9-12,15-16,18H2,1-5H3,(H,37,38);9-10,18,39H,7-8,11-17H2,1-6H3. The van der Waals surface area contributed by atoms with Gasteiger partial charge in [0.15, 0.2) is 34.0 Å². The van der Waals surface area contributed by atoms with Crippen LogP contribution in [0.5, 0.6) is 0 Å². The number of alkyl halides is 2. The molecule has 27 heteroatoms. The second-order valence-corrected chi connectivity index (χ2v) is 43.5.